The summed E-state index contributed by atoms with van der Waals surface area (Å²) in [5, 5.41) is 5.57. The van der Waals surface area contributed by atoms with E-state index in [0.717, 1.165) is 6.54 Å². The number of rotatable bonds is 7. The van der Waals surface area contributed by atoms with E-state index in [4.69, 9.17) is 0 Å². The molecular formula is C19H26N4O2S. The fourth-order valence-corrected chi connectivity index (χ4v) is 4.87. The summed E-state index contributed by atoms with van der Waals surface area (Å²) >= 11 is 0. The fraction of sp³-hybridized carbons (Fsp3) is 0.421. The van der Waals surface area contributed by atoms with Crippen LogP contribution < -0.4 is 4.72 Å². The second-order valence-corrected chi connectivity index (χ2v) is 8.56. The molecule has 0 spiro atoms. The van der Waals surface area contributed by atoms with Gasteiger partial charge in [0.05, 0.1) is 11.4 Å². The van der Waals surface area contributed by atoms with Crippen LogP contribution in [0, 0.1) is 13.8 Å². The van der Waals surface area contributed by atoms with E-state index >= 15 is 0 Å². The molecule has 2 aromatic heterocycles. The molecule has 140 valence electrons. The maximum atomic E-state index is 12.7. The number of nitrogens with one attached hydrogen (secondary N) is 1. The summed E-state index contributed by atoms with van der Waals surface area (Å²) in [4.78, 5) is 0.303. The first-order valence-corrected chi connectivity index (χ1v) is 10.4. The maximum Gasteiger partial charge on any atom is 0.244 e. The van der Waals surface area contributed by atoms with Gasteiger partial charge in [0, 0.05) is 30.8 Å². The Bertz CT molecular complexity index is 1020. The lowest BCUT2D eigenvalue weighted by atomic mass is 10.2. The van der Waals surface area contributed by atoms with Crippen molar-refractivity contribution in [2.24, 2.45) is 0 Å². The van der Waals surface area contributed by atoms with Gasteiger partial charge in [-0.2, -0.15) is 5.10 Å². The lowest BCUT2D eigenvalue weighted by Crippen LogP contribution is -2.26. The molecule has 0 aliphatic heterocycles. The van der Waals surface area contributed by atoms with Gasteiger partial charge in [-0.1, -0.05) is 18.2 Å². The van der Waals surface area contributed by atoms with Gasteiger partial charge >= 0.3 is 0 Å². The molecule has 6 nitrogen and oxygen atoms in total. The Hall–Kier alpha value is -2.12. The second kappa shape index (κ2) is 7.25. The molecule has 0 fully saturated rings. The monoisotopic (exact) mass is 374 g/mol. The molecule has 2 heterocycles. The molecular weight excluding hydrogens is 348 g/mol. The standard InChI is InChI=1S/C19H26N4O2S/c1-14(2)23-16(4)19(15(3)21-23)26(24,25)20-11-7-12-22-13-10-17-8-5-6-9-18(17)22/h5-6,8-10,13-14,20H,7,11-12H2,1-4H3. The van der Waals surface area contributed by atoms with Crippen LogP contribution in [0.25, 0.3) is 10.9 Å². The van der Waals surface area contributed by atoms with E-state index in [1.54, 1.807) is 18.5 Å². The van der Waals surface area contributed by atoms with Gasteiger partial charge < -0.3 is 4.57 Å². The van der Waals surface area contributed by atoms with E-state index in [0.29, 0.717) is 29.2 Å². The molecule has 0 saturated heterocycles. The van der Waals surface area contributed by atoms with Crippen LogP contribution in [0.3, 0.4) is 0 Å². The normalized spacial score (nSPS) is 12.3. The van der Waals surface area contributed by atoms with Crippen molar-refractivity contribution in [3.8, 4) is 0 Å². The predicted molar refractivity (Wildman–Crippen MR) is 104 cm³/mol. The quantitative estimate of drug-likeness (QED) is 0.645. The Labute approximate surface area is 154 Å². The molecule has 0 saturated carbocycles. The van der Waals surface area contributed by atoms with Crippen molar-refractivity contribution in [3.05, 3.63) is 47.9 Å². The molecule has 0 aliphatic rings. The molecule has 0 atom stereocenters. The molecule has 0 bridgehead atoms. The minimum atomic E-state index is -3.56. The highest BCUT2D eigenvalue weighted by Gasteiger charge is 2.24. The average Bonchev–Trinajstić information content (AvgIpc) is 3.12. The smallest absolute Gasteiger partial charge is 0.244 e. The van der Waals surface area contributed by atoms with E-state index in [-0.39, 0.29) is 6.04 Å². The summed E-state index contributed by atoms with van der Waals surface area (Å²) in [6.07, 6.45) is 2.76. The molecule has 0 aliphatic carbocycles. The molecule has 26 heavy (non-hydrogen) atoms. The Morgan fingerprint density at radius 3 is 2.58 bits per heavy atom. The molecule has 3 aromatic rings. The molecule has 3 rings (SSSR count). The third kappa shape index (κ3) is 3.54. The highest BCUT2D eigenvalue weighted by molar-refractivity contribution is 7.89. The number of aryl methyl sites for hydroxylation is 2. The number of nitrogens with zero attached hydrogens (tertiary/aromatic N) is 3. The van der Waals surface area contributed by atoms with Crippen LogP contribution in [0.1, 0.15) is 37.7 Å². The van der Waals surface area contributed by atoms with Gasteiger partial charge in [-0.05, 0) is 51.6 Å². The zero-order valence-electron chi connectivity index (χ0n) is 15.7. The Kier molecular flexibility index (Phi) is 5.20. The summed E-state index contributed by atoms with van der Waals surface area (Å²) in [6, 6.07) is 10.4. The second-order valence-electron chi connectivity index (χ2n) is 6.86. The maximum absolute atomic E-state index is 12.7. The molecule has 0 unspecified atom stereocenters. The number of para-hydroxylation sites is 1. The van der Waals surface area contributed by atoms with Crippen molar-refractivity contribution in [2.45, 2.75) is 51.6 Å². The van der Waals surface area contributed by atoms with E-state index in [1.165, 1.54) is 10.9 Å². The van der Waals surface area contributed by atoms with Crippen LogP contribution in [0.5, 0.6) is 0 Å². The minimum Gasteiger partial charge on any atom is -0.347 e. The lowest BCUT2D eigenvalue weighted by molar-refractivity contribution is 0.514. The molecule has 7 heteroatoms. The summed E-state index contributed by atoms with van der Waals surface area (Å²) in [7, 11) is -3.56. The van der Waals surface area contributed by atoms with Gasteiger partial charge in [0.1, 0.15) is 4.90 Å². The van der Waals surface area contributed by atoms with Gasteiger partial charge in [0.2, 0.25) is 10.0 Å². The van der Waals surface area contributed by atoms with Gasteiger partial charge in [0.15, 0.2) is 0 Å². The number of benzene rings is 1. The van der Waals surface area contributed by atoms with Gasteiger partial charge in [0.25, 0.3) is 0 Å². The molecule has 0 radical (unpaired) electrons. The van der Waals surface area contributed by atoms with Crippen LogP contribution in [0.2, 0.25) is 0 Å². The summed E-state index contributed by atoms with van der Waals surface area (Å²) < 4.78 is 32.1. The van der Waals surface area contributed by atoms with Gasteiger partial charge in [-0.3, -0.25) is 4.68 Å². The van der Waals surface area contributed by atoms with E-state index in [9.17, 15) is 8.42 Å². The van der Waals surface area contributed by atoms with Crippen LogP contribution in [0.4, 0.5) is 0 Å². The zero-order valence-corrected chi connectivity index (χ0v) is 16.5. The first-order valence-electron chi connectivity index (χ1n) is 8.90. The van der Waals surface area contributed by atoms with Crippen LogP contribution in [-0.2, 0) is 16.6 Å². The number of fused-ring (bicyclic) bond motifs is 1. The number of hydrogen-bond acceptors (Lipinski definition) is 3. The van der Waals surface area contributed by atoms with Crippen LogP contribution >= 0.6 is 0 Å². The first kappa shape index (κ1) is 18.7. The summed E-state index contributed by atoms with van der Waals surface area (Å²) in [6.45, 7) is 8.68. The molecule has 1 N–H and O–H groups in total. The topological polar surface area (TPSA) is 68.9 Å². The van der Waals surface area contributed by atoms with Crippen molar-refractivity contribution < 1.29 is 8.42 Å². The minimum absolute atomic E-state index is 0.125. The third-order valence-electron chi connectivity index (χ3n) is 4.56. The molecule has 0 amide bonds. The number of hydrogen-bond donors (Lipinski definition) is 1. The fourth-order valence-electron chi connectivity index (χ4n) is 3.40. The highest BCUT2D eigenvalue weighted by Crippen LogP contribution is 2.22. The number of aromatic nitrogens is 3. The van der Waals surface area contributed by atoms with Crippen molar-refractivity contribution in [1.29, 1.82) is 0 Å². The van der Waals surface area contributed by atoms with E-state index in [2.05, 4.69) is 32.6 Å². The summed E-state index contributed by atoms with van der Waals surface area (Å²) in [5.74, 6) is 0. The molecule has 1 aromatic carbocycles. The average molecular weight is 375 g/mol. The SMILES string of the molecule is Cc1nn(C(C)C)c(C)c1S(=O)(=O)NCCCn1ccc2ccccc21. The Balaban J connectivity index is 1.66. The third-order valence-corrected chi connectivity index (χ3v) is 6.28. The van der Waals surface area contributed by atoms with Gasteiger partial charge in [-0.15, -0.1) is 0 Å². The number of sulfonamides is 1. The van der Waals surface area contributed by atoms with Crippen molar-refractivity contribution in [3.63, 3.8) is 0 Å². The zero-order chi connectivity index (χ0) is 18.9. The summed E-state index contributed by atoms with van der Waals surface area (Å²) in [5.41, 5.74) is 2.39. The lowest BCUT2D eigenvalue weighted by Gasteiger charge is -2.10. The highest BCUT2D eigenvalue weighted by atomic mass is 32.2. The predicted octanol–water partition coefficient (Wildman–Crippen LogP) is 3.40. The Morgan fingerprint density at radius 2 is 1.88 bits per heavy atom. The van der Waals surface area contributed by atoms with Crippen molar-refractivity contribution in [1.82, 2.24) is 19.1 Å². The van der Waals surface area contributed by atoms with Crippen LogP contribution in [0.15, 0.2) is 41.4 Å². The van der Waals surface area contributed by atoms with Crippen LogP contribution in [-0.4, -0.2) is 29.3 Å². The van der Waals surface area contributed by atoms with Gasteiger partial charge in [-0.25, -0.2) is 13.1 Å². The Morgan fingerprint density at radius 1 is 1.15 bits per heavy atom. The first-order chi connectivity index (χ1) is 12.3. The van der Waals surface area contributed by atoms with E-state index in [1.807, 2.05) is 32.2 Å². The van der Waals surface area contributed by atoms with E-state index < -0.39 is 10.0 Å². The van der Waals surface area contributed by atoms with Crippen molar-refractivity contribution >= 4 is 20.9 Å². The largest absolute Gasteiger partial charge is 0.347 e. The van der Waals surface area contributed by atoms with Crippen molar-refractivity contribution in [2.75, 3.05) is 6.54 Å².